The number of nitrogens with zero attached hydrogens (tertiary/aromatic N) is 4. The average Bonchev–Trinajstić information content (AvgIpc) is 3.26. The molecule has 0 bridgehead atoms. The first-order valence-electron chi connectivity index (χ1n) is 10.9. The van der Waals surface area contributed by atoms with Gasteiger partial charge >= 0.3 is 17.7 Å². The molecule has 0 spiro atoms. The number of aromatic nitrogens is 2. The fraction of sp³-hybridized carbons (Fsp3) is 0.476. The van der Waals surface area contributed by atoms with Gasteiger partial charge in [-0.2, -0.15) is 13.2 Å². The van der Waals surface area contributed by atoms with E-state index in [4.69, 9.17) is 9.90 Å². The number of fused-ring (bicyclic) bond motifs is 1. The number of quaternary nitrogens is 1. The number of halogens is 3. The minimum atomic E-state index is -5.19. The molecule has 196 valence electrons. The van der Waals surface area contributed by atoms with Gasteiger partial charge in [0.05, 0.1) is 51.7 Å². The highest BCUT2D eigenvalue weighted by molar-refractivity contribution is 6.00. The Bertz CT molecular complexity index is 1240. The Morgan fingerprint density at radius 1 is 1.19 bits per heavy atom. The first kappa shape index (κ1) is 26.7. The number of nitrogens with one attached hydrogen (secondary N) is 1. The number of anilines is 2. The molecule has 0 radical (unpaired) electrons. The molecule has 15 heteroatoms. The Morgan fingerprint density at radius 2 is 1.81 bits per heavy atom. The van der Waals surface area contributed by atoms with Crippen molar-refractivity contribution in [3.05, 3.63) is 28.3 Å². The summed E-state index contributed by atoms with van der Waals surface area (Å²) in [4.78, 5) is 55.4. The van der Waals surface area contributed by atoms with Crippen molar-refractivity contribution in [1.82, 2.24) is 9.38 Å². The fourth-order valence-corrected chi connectivity index (χ4v) is 3.86. The molecule has 2 aliphatic heterocycles. The molecule has 0 saturated carbocycles. The van der Waals surface area contributed by atoms with E-state index in [1.807, 2.05) is 6.07 Å². The van der Waals surface area contributed by atoms with Crippen LogP contribution < -0.4 is 25.4 Å². The van der Waals surface area contributed by atoms with Crippen molar-refractivity contribution in [1.29, 1.82) is 0 Å². The van der Waals surface area contributed by atoms with Gasteiger partial charge < -0.3 is 34.4 Å². The number of pyridine rings is 1. The summed E-state index contributed by atoms with van der Waals surface area (Å²) in [6, 6.07) is 1.84. The lowest BCUT2D eigenvalue weighted by atomic mass is 10.2. The zero-order valence-corrected chi connectivity index (χ0v) is 19.4. The van der Waals surface area contributed by atoms with Crippen molar-refractivity contribution >= 4 is 34.9 Å². The number of hydrogen-bond acceptors (Lipinski definition) is 9. The Kier molecular flexibility index (Phi) is 7.71. The summed E-state index contributed by atoms with van der Waals surface area (Å²) in [6.07, 6.45) is -2.46. The molecule has 2 N–H and O–H groups in total. The van der Waals surface area contributed by atoms with Gasteiger partial charge in [0, 0.05) is 19.2 Å². The number of alkyl halides is 3. The van der Waals surface area contributed by atoms with Crippen LogP contribution in [-0.2, 0) is 14.3 Å². The van der Waals surface area contributed by atoms with E-state index in [9.17, 15) is 32.7 Å². The number of carbonyl (C=O) groups excluding carboxylic acids is 3. The molecule has 0 unspecified atom stereocenters. The van der Waals surface area contributed by atoms with Gasteiger partial charge in [0.1, 0.15) is 5.97 Å². The van der Waals surface area contributed by atoms with E-state index in [1.165, 1.54) is 9.30 Å². The number of piperazine rings is 1. The number of aromatic hydroxyl groups is 1. The van der Waals surface area contributed by atoms with Crippen LogP contribution in [0.1, 0.15) is 23.3 Å². The van der Waals surface area contributed by atoms with Gasteiger partial charge in [0.25, 0.3) is 0 Å². The summed E-state index contributed by atoms with van der Waals surface area (Å²) in [5, 5.41) is 19.0. The molecule has 2 saturated heterocycles. The number of carboxylic acids is 1. The van der Waals surface area contributed by atoms with Crippen LogP contribution in [-0.4, -0.2) is 85.4 Å². The highest BCUT2D eigenvalue weighted by Crippen LogP contribution is 2.30. The Morgan fingerprint density at radius 3 is 2.31 bits per heavy atom. The largest absolute Gasteiger partial charge is 0.542 e. The van der Waals surface area contributed by atoms with Gasteiger partial charge in [-0.1, -0.05) is 0 Å². The number of likely N-dealkylation sites (N-methyl/N-ethyl adjacent to an activating group) is 1. The summed E-state index contributed by atoms with van der Waals surface area (Å²) in [5.74, 6) is -4.75. The fourth-order valence-electron chi connectivity index (χ4n) is 3.86. The Hall–Kier alpha value is -3.88. The van der Waals surface area contributed by atoms with Crippen LogP contribution in [0.4, 0.5) is 24.5 Å². The predicted molar refractivity (Wildman–Crippen MR) is 116 cm³/mol. The SMILES string of the molecule is COC(=O)c1nc2c(N3CCCC3=O)cc(N3CC[NH+](C)CC3)cn2c(=O)c1O.O=C([O-])C(F)(F)F. The molecule has 4 rings (SSSR count). The van der Waals surface area contributed by atoms with Crippen LogP contribution in [0.5, 0.6) is 5.75 Å². The second-order valence-corrected chi connectivity index (χ2v) is 8.26. The topological polar surface area (TPSA) is 149 Å². The van der Waals surface area contributed by atoms with Crippen LogP contribution in [0.25, 0.3) is 5.65 Å². The summed E-state index contributed by atoms with van der Waals surface area (Å²) < 4.78 is 37.4. The monoisotopic (exact) mass is 515 g/mol. The summed E-state index contributed by atoms with van der Waals surface area (Å²) in [5.41, 5.74) is 0.144. The van der Waals surface area contributed by atoms with E-state index in [1.54, 1.807) is 11.1 Å². The third kappa shape index (κ3) is 5.50. The lowest BCUT2D eigenvalue weighted by Gasteiger charge is -2.32. The van der Waals surface area contributed by atoms with Gasteiger partial charge in [-0.05, 0) is 12.5 Å². The third-order valence-corrected chi connectivity index (χ3v) is 5.82. The molecule has 0 atom stereocenters. The van der Waals surface area contributed by atoms with E-state index in [0.717, 1.165) is 39.0 Å². The zero-order chi connectivity index (χ0) is 26.8. The number of methoxy groups -OCH3 is 1. The lowest BCUT2D eigenvalue weighted by Crippen LogP contribution is -3.12. The van der Waals surface area contributed by atoms with Gasteiger partial charge in [0.2, 0.25) is 11.7 Å². The zero-order valence-electron chi connectivity index (χ0n) is 19.4. The van der Waals surface area contributed by atoms with E-state index < -0.39 is 35.1 Å². The molecule has 12 nitrogen and oxygen atoms in total. The van der Waals surface area contributed by atoms with E-state index in [0.29, 0.717) is 25.1 Å². The number of ether oxygens (including phenoxy) is 1. The average molecular weight is 515 g/mol. The minimum absolute atomic E-state index is 0.0613. The number of hydrogen-bond donors (Lipinski definition) is 2. The van der Waals surface area contributed by atoms with E-state index in [2.05, 4.69) is 21.7 Å². The molecule has 2 aromatic rings. The maximum Gasteiger partial charge on any atom is 0.430 e. The van der Waals surface area contributed by atoms with E-state index in [-0.39, 0.29) is 11.6 Å². The van der Waals surface area contributed by atoms with Crippen molar-refractivity contribution in [2.75, 3.05) is 56.7 Å². The normalized spacial score (nSPS) is 16.6. The standard InChI is InChI=1S/C19H23N5O5.C2HF3O2/c1-21-6-8-22(9-7-21)12-10-13(23-5-3-4-14(23)25)17-20-15(19(28)29-2)16(26)18(27)24(17)11-12;3-2(4,5)1(6)7/h10-11,26H,3-9H2,1-2H3;(H,6,7). The number of esters is 1. The molecule has 0 aliphatic carbocycles. The summed E-state index contributed by atoms with van der Waals surface area (Å²) >= 11 is 0. The molecule has 0 aromatic carbocycles. The lowest BCUT2D eigenvalue weighted by molar-refractivity contribution is -0.880. The molecule has 2 aliphatic rings. The van der Waals surface area contributed by atoms with Crippen molar-refractivity contribution in [3.8, 4) is 5.75 Å². The number of amides is 1. The van der Waals surface area contributed by atoms with Gasteiger partial charge in [-0.25, -0.2) is 9.78 Å². The summed E-state index contributed by atoms with van der Waals surface area (Å²) in [7, 11) is 3.28. The maximum absolute atomic E-state index is 12.8. The highest BCUT2D eigenvalue weighted by Gasteiger charge is 2.30. The van der Waals surface area contributed by atoms with Crippen molar-refractivity contribution in [3.63, 3.8) is 0 Å². The second-order valence-electron chi connectivity index (χ2n) is 8.26. The van der Waals surface area contributed by atoms with Crippen LogP contribution in [0.3, 0.4) is 0 Å². The van der Waals surface area contributed by atoms with Crippen LogP contribution in [0.15, 0.2) is 17.1 Å². The van der Waals surface area contributed by atoms with Crippen LogP contribution >= 0.6 is 0 Å². The van der Waals surface area contributed by atoms with E-state index >= 15 is 0 Å². The van der Waals surface area contributed by atoms with Crippen LogP contribution in [0, 0.1) is 0 Å². The molecule has 36 heavy (non-hydrogen) atoms. The number of carboxylic acid groups (broad SMARTS) is 1. The van der Waals surface area contributed by atoms with Gasteiger partial charge in [-0.3, -0.25) is 14.0 Å². The Balaban J connectivity index is 0.000000454. The van der Waals surface area contributed by atoms with Crippen molar-refractivity contribution < 1.29 is 47.4 Å². The highest BCUT2D eigenvalue weighted by atomic mass is 19.4. The molecule has 2 aromatic heterocycles. The van der Waals surface area contributed by atoms with Gasteiger partial charge in [0.15, 0.2) is 11.3 Å². The van der Waals surface area contributed by atoms with Crippen molar-refractivity contribution in [2.45, 2.75) is 19.0 Å². The molecular formula is C21H24F3N5O7. The van der Waals surface area contributed by atoms with Crippen LogP contribution in [0.2, 0.25) is 0 Å². The van der Waals surface area contributed by atoms with Crippen molar-refractivity contribution in [2.24, 2.45) is 0 Å². The second kappa shape index (κ2) is 10.4. The predicted octanol–water partition coefficient (Wildman–Crippen LogP) is -2.05. The molecule has 4 heterocycles. The minimum Gasteiger partial charge on any atom is -0.542 e. The molecular weight excluding hydrogens is 491 g/mol. The molecule has 2 fully saturated rings. The maximum atomic E-state index is 12.8. The van der Waals surface area contributed by atoms with Gasteiger partial charge in [-0.15, -0.1) is 0 Å². The quantitative estimate of drug-likeness (QED) is 0.441. The molecule has 1 amide bonds. The first-order valence-corrected chi connectivity index (χ1v) is 10.9. The Labute approximate surface area is 202 Å². The number of rotatable bonds is 3. The summed E-state index contributed by atoms with van der Waals surface area (Å²) in [6.45, 7) is 4.03. The number of carbonyl (C=O) groups is 3. The third-order valence-electron chi connectivity index (χ3n) is 5.82. The first-order chi connectivity index (χ1) is 16.8. The smallest absolute Gasteiger partial charge is 0.430 e. The number of aliphatic carboxylic acids is 1.